The maximum absolute atomic E-state index is 12.6. The quantitative estimate of drug-likeness (QED) is 0.591. The van der Waals surface area contributed by atoms with Crippen LogP contribution in [0.5, 0.6) is 5.75 Å². The topological polar surface area (TPSA) is 105 Å². The van der Waals surface area contributed by atoms with Gasteiger partial charge in [0.2, 0.25) is 5.95 Å². The summed E-state index contributed by atoms with van der Waals surface area (Å²) >= 11 is 0. The molecule has 3 heterocycles. The van der Waals surface area contributed by atoms with E-state index in [-0.39, 0.29) is 18.7 Å². The summed E-state index contributed by atoms with van der Waals surface area (Å²) in [5.74, 6) is 1.29. The molecule has 4 rings (SSSR count). The predicted octanol–water partition coefficient (Wildman–Crippen LogP) is 1.42. The van der Waals surface area contributed by atoms with Gasteiger partial charge >= 0.3 is 5.69 Å². The number of rotatable bonds is 7. The first-order chi connectivity index (χ1) is 15.0. The number of aryl methyl sites for hydroxylation is 2. The van der Waals surface area contributed by atoms with Crippen LogP contribution >= 0.6 is 0 Å². The van der Waals surface area contributed by atoms with Crippen molar-refractivity contribution in [3.05, 3.63) is 50.7 Å². The largest absolute Gasteiger partial charge is 0.491 e. The van der Waals surface area contributed by atoms with Crippen molar-refractivity contribution in [2.45, 2.75) is 45.3 Å². The second-order valence-corrected chi connectivity index (χ2v) is 8.02. The Morgan fingerprint density at radius 1 is 1.16 bits per heavy atom. The normalized spacial score (nSPS) is 15.4. The molecule has 0 spiro atoms. The van der Waals surface area contributed by atoms with E-state index in [9.17, 15) is 14.7 Å². The first kappa shape index (κ1) is 21.2. The van der Waals surface area contributed by atoms with Crippen molar-refractivity contribution in [1.29, 1.82) is 0 Å². The summed E-state index contributed by atoms with van der Waals surface area (Å²) in [6, 6.07) is 7.77. The molecule has 1 saturated heterocycles. The van der Waals surface area contributed by atoms with Crippen LogP contribution in [-0.2, 0) is 20.0 Å². The molecule has 2 N–H and O–H groups in total. The fourth-order valence-electron chi connectivity index (χ4n) is 4.01. The Hall–Kier alpha value is -3.07. The molecular formula is C22H29N5O4. The molecule has 2 aromatic heterocycles. The number of aliphatic hydroxyl groups excluding tert-OH is 1. The van der Waals surface area contributed by atoms with Gasteiger partial charge in [-0.15, -0.1) is 0 Å². The number of piperidine rings is 1. The van der Waals surface area contributed by atoms with Gasteiger partial charge in [0.25, 0.3) is 5.56 Å². The summed E-state index contributed by atoms with van der Waals surface area (Å²) < 4.78 is 8.80. The Labute approximate surface area is 179 Å². The van der Waals surface area contributed by atoms with Crippen LogP contribution in [0.15, 0.2) is 33.9 Å². The van der Waals surface area contributed by atoms with Gasteiger partial charge in [0.1, 0.15) is 18.5 Å². The maximum Gasteiger partial charge on any atom is 0.329 e. The number of aromatic amines is 1. The van der Waals surface area contributed by atoms with Gasteiger partial charge in [0.05, 0.1) is 6.54 Å². The zero-order valence-electron chi connectivity index (χ0n) is 18.0. The zero-order chi connectivity index (χ0) is 22.0. The van der Waals surface area contributed by atoms with E-state index < -0.39 is 17.4 Å². The molecule has 166 valence electrons. The van der Waals surface area contributed by atoms with Crippen LogP contribution in [0.4, 0.5) is 5.95 Å². The minimum atomic E-state index is -0.858. The number of H-pyrrole nitrogens is 1. The fraction of sp³-hybridized carbons (Fsp3) is 0.500. The van der Waals surface area contributed by atoms with Gasteiger partial charge in [-0.2, -0.15) is 4.98 Å². The number of aliphatic hydroxyl groups is 1. The number of ether oxygens (including phenoxy) is 1. The van der Waals surface area contributed by atoms with Gasteiger partial charge < -0.3 is 19.3 Å². The van der Waals surface area contributed by atoms with Crippen molar-refractivity contribution in [1.82, 2.24) is 19.1 Å². The van der Waals surface area contributed by atoms with Crippen LogP contribution in [0.25, 0.3) is 11.2 Å². The van der Waals surface area contributed by atoms with Gasteiger partial charge in [0.15, 0.2) is 11.2 Å². The average molecular weight is 428 g/mol. The maximum atomic E-state index is 12.6. The van der Waals surface area contributed by atoms with Crippen molar-refractivity contribution in [3.8, 4) is 5.75 Å². The molecule has 1 aliphatic rings. The molecule has 0 unspecified atom stereocenters. The molecule has 0 bridgehead atoms. The summed E-state index contributed by atoms with van der Waals surface area (Å²) in [6.07, 6.45) is 3.33. The summed E-state index contributed by atoms with van der Waals surface area (Å²) in [6.45, 7) is 3.95. The monoisotopic (exact) mass is 427 g/mol. The molecule has 9 heteroatoms. The van der Waals surface area contributed by atoms with E-state index in [2.05, 4.69) is 21.8 Å². The van der Waals surface area contributed by atoms with Crippen LogP contribution in [0.3, 0.4) is 0 Å². The van der Waals surface area contributed by atoms with Crippen LogP contribution in [0, 0.1) is 0 Å². The lowest BCUT2D eigenvalue weighted by Gasteiger charge is -2.28. The summed E-state index contributed by atoms with van der Waals surface area (Å²) in [5.41, 5.74) is 0.810. The lowest BCUT2D eigenvalue weighted by molar-refractivity contribution is 0.0936. The minimum Gasteiger partial charge on any atom is -0.491 e. The second-order valence-electron chi connectivity index (χ2n) is 8.02. The number of hydrogen-bond acceptors (Lipinski definition) is 6. The third kappa shape index (κ3) is 4.36. The van der Waals surface area contributed by atoms with Gasteiger partial charge in [-0.1, -0.05) is 19.1 Å². The molecule has 0 aliphatic carbocycles. The van der Waals surface area contributed by atoms with E-state index in [0.29, 0.717) is 17.3 Å². The second kappa shape index (κ2) is 8.97. The Morgan fingerprint density at radius 2 is 1.87 bits per heavy atom. The van der Waals surface area contributed by atoms with Gasteiger partial charge in [-0.05, 0) is 43.4 Å². The fourth-order valence-corrected chi connectivity index (χ4v) is 4.01. The van der Waals surface area contributed by atoms with Crippen molar-refractivity contribution >= 4 is 17.1 Å². The van der Waals surface area contributed by atoms with E-state index in [0.717, 1.165) is 38.8 Å². The smallest absolute Gasteiger partial charge is 0.329 e. The molecule has 9 nitrogen and oxygen atoms in total. The molecule has 0 saturated carbocycles. The van der Waals surface area contributed by atoms with Crippen molar-refractivity contribution < 1.29 is 9.84 Å². The number of imidazole rings is 1. The Balaban J connectivity index is 1.62. The van der Waals surface area contributed by atoms with Crippen LogP contribution < -0.4 is 20.9 Å². The summed E-state index contributed by atoms with van der Waals surface area (Å²) in [4.78, 5) is 33.8. The number of nitrogens with zero attached hydrogens (tertiary/aromatic N) is 4. The number of nitrogens with one attached hydrogen (secondary N) is 1. The van der Waals surface area contributed by atoms with Crippen LogP contribution in [0.1, 0.15) is 31.7 Å². The summed E-state index contributed by atoms with van der Waals surface area (Å²) in [5, 5.41) is 10.7. The Bertz CT molecular complexity index is 1160. The Morgan fingerprint density at radius 3 is 2.55 bits per heavy atom. The SMILES string of the molecule is CCc1ccc(OC[C@H](O)Cn2c(N3CCCCC3)nc3c2c(=O)[nH]c(=O)n3C)cc1. The third-order valence-electron chi connectivity index (χ3n) is 5.79. The van der Waals surface area contributed by atoms with E-state index in [1.165, 1.54) is 10.1 Å². The molecule has 0 amide bonds. The number of hydrogen-bond donors (Lipinski definition) is 2. The highest BCUT2D eigenvalue weighted by Crippen LogP contribution is 2.23. The first-order valence-electron chi connectivity index (χ1n) is 10.8. The van der Waals surface area contributed by atoms with Gasteiger partial charge in [0, 0.05) is 20.1 Å². The third-order valence-corrected chi connectivity index (χ3v) is 5.79. The molecule has 1 atom stereocenters. The lowest BCUT2D eigenvalue weighted by Crippen LogP contribution is -2.34. The number of anilines is 1. The highest BCUT2D eigenvalue weighted by atomic mass is 16.5. The molecule has 1 fully saturated rings. The lowest BCUT2D eigenvalue weighted by atomic mass is 10.1. The Kier molecular flexibility index (Phi) is 6.13. The van der Waals surface area contributed by atoms with Crippen molar-refractivity contribution in [2.24, 2.45) is 7.05 Å². The minimum absolute atomic E-state index is 0.0776. The highest BCUT2D eigenvalue weighted by Gasteiger charge is 2.24. The molecule has 0 radical (unpaired) electrons. The zero-order valence-corrected chi connectivity index (χ0v) is 18.0. The van der Waals surface area contributed by atoms with E-state index >= 15 is 0 Å². The first-order valence-corrected chi connectivity index (χ1v) is 10.8. The summed E-state index contributed by atoms with van der Waals surface area (Å²) in [7, 11) is 1.58. The van der Waals surface area contributed by atoms with Crippen LogP contribution in [-0.4, -0.2) is 50.0 Å². The highest BCUT2D eigenvalue weighted by molar-refractivity contribution is 5.74. The molecule has 31 heavy (non-hydrogen) atoms. The van der Waals surface area contributed by atoms with E-state index in [1.54, 1.807) is 11.6 Å². The number of aromatic nitrogens is 4. The molecule has 1 aliphatic heterocycles. The standard InChI is InChI=1S/C22H29N5O4/c1-3-15-7-9-17(10-8-15)31-14-16(28)13-27-18-19(25(2)22(30)24-20(18)29)23-21(27)26-11-5-4-6-12-26/h7-10,16,28H,3-6,11-14H2,1-2H3,(H,24,29,30)/t16-/m1/s1. The number of benzene rings is 1. The van der Waals surface area contributed by atoms with Gasteiger partial charge in [-0.25, -0.2) is 4.79 Å². The average Bonchev–Trinajstić information content (AvgIpc) is 3.17. The van der Waals surface area contributed by atoms with Crippen molar-refractivity contribution in [2.75, 3.05) is 24.6 Å². The van der Waals surface area contributed by atoms with Gasteiger partial charge in [-0.3, -0.25) is 14.3 Å². The molecular weight excluding hydrogens is 398 g/mol. The number of fused-ring (bicyclic) bond motifs is 1. The van der Waals surface area contributed by atoms with E-state index in [1.807, 2.05) is 24.3 Å². The molecule has 1 aromatic carbocycles. The van der Waals surface area contributed by atoms with Crippen molar-refractivity contribution in [3.63, 3.8) is 0 Å². The van der Waals surface area contributed by atoms with E-state index in [4.69, 9.17) is 4.74 Å². The van der Waals surface area contributed by atoms with Crippen LogP contribution in [0.2, 0.25) is 0 Å². The molecule has 3 aromatic rings. The predicted molar refractivity (Wildman–Crippen MR) is 119 cm³/mol.